The first-order chi connectivity index (χ1) is 18.0. The fraction of sp³-hybridized carbons (Fsp3) is 0.174. The molecule has 13 heteroatoms. The van der Waals surface area contributed by atoms with Gasteiger partial charge in [0.2, 0.25) is 0 Å². The number of carbonyl (C=O) groups is 1. The molecule has 0 radical (unpaired) electrons. The second-order valence-corrected chi connectivity index (χ2v) is 7.70. The molecule has 1 amide bonds. The van der Waals surface area contributed by atoms with Gasteiger partial charge in [-0.15, -0.1) is 0 Å². The zero-order valence-electron chi connectivity index (χ0n) is 21.1. The van der Waals surface area contributed by atoms with Gasteiger partial charge in [0.15, 0.2) is 17.7 Å². The molecule has 7 nitrogen and oxygen atoms in total. The largest absolute Gasteiger partial charge is 0.416 e. The maximum atomic E-state index is 15.2. The maximum absolute atomic E-state index is 15.2. The maximum Gasteiger partial charge on any atom is 0.416 e. The fourth-order valence-corrected chi connectivity index (χ4v) is 3.58. The van der Waals surface area contributed by atoms with Gasteiger partial charge in [0, 0.05) is 21.6 Å². The van der Waals surface area contributed by atoms with Crippen LogP contribution >= 0.6 is 0 Å². The van der Waals surface area contributed by atoms with E-state index in [1.807, 2.05) is 5.32 Å². The van der Waals surface area contributed by atoms with Crippen LogP contribution in [0.2, 0.25) is 0 Å². The minimum Gasteiger partial charge on any atom is -0.382 e. The van der Waals surface area contributed by atoms with Crippen molar-refractivity contribution in [3.63, 3.8) is 0 Å². The van der Waals surface area contributed by atoms with Crippen molar-refractivity contribution < 1.29 is 40.4 Å². The Morgan fingerprint density at radius 1 is 1.19 bits per heavy atom. The molecular formula is C23H17F6N5O2. The molecular weight excluding hydrogens is 492 g/mol. The number of halogens is 6. The molecule has 0 aliphatic heterocycles. The average Bonchev–Trinajstić information content (AvgIpc) is 3.25. The molecule has 0 saturated carbocycles. The first-order valence-corrected chi connectivity index (χ1v) is 9.99. The summed E-state index contributed by atoms with van der Waals surface area (Å²) in [5, 5.41) is 12.0. The topological polar surface area (TPSA) is 106 Å². The number of nitrogens with zero attached hydrogens (tertiary/aromatic N) is 3. The third-order valence-corrected chi connectivity index (χ3v) is 5.27. The van der Waals surface area contributed by atoms with Gasteiger partial charge in [0.1, 0.15) is 28.7 Å². The van der Waals surface area contributed by atoms with E-state index in [9.17, 15) is 27.5 Å². The number of aliphatic hydroxyl groups is 1. The van der Waals surface area contributed by atoms with Crippen molar-refractivity contribution in [2.24, 2.45) is 0 Å². The molecule has 0 spiro atoms. The van der Waals surface area contributed by atoms with Crippen LogP contribution < -0.4 is 11.1 Å². The number of anilines is 2. The van der Waals surface area contributed by atoms with Crippen LogP contribution in [0.25, 0.3) is 16.8 Å². The summed E-state index contributed by atoms with van der Waals surface area (Å²) in [6.07, 6.45) is -6.09. The van der Waals surface area contributed by atoms with Crippen molar-refractivity contribution in [2.45, 2.75) is 26.1 Å². The highest BCUT2D eigenvalue weighted by molar-refractivity contribution is 5.95. The van der Waals surface area contributed by atoms with Crippen molar-refractivity contribution in [1.29, 1.82) is 0 Å². The SMILES string of the molecule is [2H]C([2H])([2H])c1nc(-c2ccc(NC(=O)[C@@H](O)c3cc(F)cc(C(F)(F)F)c3)c(F)c2F)c2c(N)ncc(C)n12. The van der Waals surface area contributed by atoms with Gasteiger partial charge in [0.05, 0.1) is 11.3 Å². The molecule has 0 aliphatic carbocycles. The first kappa shape index (κ1) is 21.2. The highest BCUT2D eigenvalue weighted by Gasteiger charge is 2.33. The summed E-state index contributed by atoms with van der Waals surface area (Å²) < 4.78 is 107. The molecule has 4 rings (SSSR count). The van der Waals surface area contributed by atoms with Gasteiger partial charge >= 0.3 is 6.18 Å². The third kappa shape index (κ3) is 4.33. The number of aromatic nitrogens is 3. The van der Waals surface area contributed by atoms with E-state index in [0.717, 1.165) is 16.5 Å². The molecule has 2 aromatic heterocycles. The number of aliphatic hydroxyl groups excluding tert-OH is 1. The first-order valence-electron chi connectivity index (χ1n) is 11.5. The number of imidazole rings is 1. The summed E-state index contributed by atoms with van der Waals surface area (Å²) in [5.41, 5.74) is 2.08. The number of rotatable bonds is 4. The number of nitrogen functional groups attached to an aromatic ring is 1. The number of nitrogens with one attached hydrogen (secondary N) is 1. The fourth-order valence-electron chi connectivity index (χ4n) is 3.58. The van der Waals surface area contributed by atoms with E-state index in [1.165, 1.54) is 13.1 Å². The Balaban J connectivity index is 1.73. The van der Waals surface area contributed by atoms with E-state index in [-0.39, 0.29) is 28.8 Å². The van der Waals surface area contributed by atoms with Crippen LogP contribution in [0.4, 0.5) is 37.8 Å². The summed E-state index contributed by atoms with van der Waals surface area (Å²) in [6, 6.07) is 2.76. The third-order valence-electron chi connectivity index (χ3n) is 5.27. The van der Waals surface area contributed by atoms with Crippen LogP contribution in [0.15, 0.2) is 36.5 Å². The zero-order valence-corrected chi connectivity index (χ0v) is 18.1. The lowest BCUT2D eigenvalue weighted by Crippen LogP contribution is -2.22. The Morgan fingerprint density at radius 2 is 1.92 bits per heavy atom. The molecule has 2 heterocycles. The second kappa shape index (κ2) is 8.82. The van der Waals surface area contributed by atoms with Crippen molar-refractivity contribution in [2.75, 3.05) is 11.1 Å². The average molecular weight is 512 g/mol. The predicted octanol–water partition coefficient (Wildman–Crippen LogP) is 4.70. The Bertz CT molecular complexity index is 1620. The summed E-state index contributed by atoms with van der Waals surface area (Å²) >= 11 is 0. The molecule has 0 unspecified atom stereocenters. The monoisotopic (exact) mass is 512 g/mol. The second-order valence-electron chi connectivity index (χ2n) is 7.70. The summed E-state index contributed by atoms with van der Waals surface area (Å²) in [7, 11) is 0. The van der Waals surface area contributed by atoms with Crippen molar-refractivity contribution >= 4 is 22.9 Å². The van der Waals surface area contributed by atoms with Gasteiger partial charge < -0.3 is 16.2 Å². The Kier molecular flexibility index (Phi) is 5.19. The highest BCUT2D eigenvalue weighted by atomic mass is 19.4. The number of amides is 1. The molecule has 0 bridgehead atoms. The van der Waals surface area contributed by atoms with Crippen molar-refractivity contribution in [1.82, 2.24) is 14.4 Å². The van der Waals surface area contributed by atoms with Crippen LogP contribution in [0.1, 0.15) is 32.9 Å². The Hall–Kier alpha value is -4.13. The van der Waals surface area contributed by atoms with Gasteiger partial charge in [0.25, 0.3) is 5.91 Å². The molecule has 2 aromatic carbocycles. The van der Waals surface area contributed by atoms with E-state index in [1.54, 1.807) is 0 Å². The number of carbonyl (C=O) groups excluding carboxylic acids is 1. The normalized spacial score (nSPS) is 14.3. The van der Waals surface area contributed by atoms with Gasteiger partial charge in [-0.05, 0) is 49.7 Å². The Morgan fingerprint density at radius 3 is 2.58 bits per heavy atom. The summed E-state index contributed by atoms with van der Waals surface area (Å²) in [6.45, 7) is -1.28. The quantitative estimate of drug-likeness (QED) is 0.344. The van der Waals surface area contributed by atoms with E-state index < -0.39 is 70.7 Å². The van der Waals surface area contributed by atoms with E-state index >= 15 is 8.78 Å². The highest BCUT2D eigenvalue weighted by Crippen LogP contribution is 2.35. The van der Waals surface area contributed by atoms with E-state index in [2.05, 4.69) is 9.97 Å². The van der Waals surface area contributed by atoms with Crippen LogP contribution in [0.5, 0.6) is 0 Å². The zero-order chi connectivity index (χ0) is 29.0. The summed E-state index contributed by atoms with van der Waals surface area (Å²) in [4.78, 5) is 20.3. The molecule has 36 heavy (non-hydrogen) atoms. The van der Waals surface area contributed by atoms with Gasteiger partial charge in [-0.1, -0.05) is 0 Å². The van der Waals surface area contributed by atoms with Gasteiger partial charge in [-0.2, -0.15) is 13.2 Å². The van der Waals surface area contributed by atoms with Crippen molar-refractivity contribution in [3.8, 4) is 11.3 Å². The van der Waals surface area contributed by atoms with Crippen LogP contribution in [-0.2, 0) is 11.0 Å². The lowest BCUT2D eigenvalue weighted by Gasteiger charge is -2.15. The molecule has 4 aromatic rings. The number of benzene rings is 2. The predicted molar refractivity (Wildman–Crippen MR) is 117 cm³/mol. The number of aryl methyl sites for hydroxylation is 2. The molecule has 188 valence electrons. The lowest BCUT2D eigenvalue weighted by molar-refractivity contribution is -0.138. The number of alkyl halides is 3. The minimum atomic E-state index is -4.98. The number of fused-ring (bicyclic) bond motifs is 1. The lowest BCUT2D eigenvalue weighted by atomic mass is 10.0. The van der Waals surface area contributed by atoms with E-state index in [0.29, 0.717) is 12.1 Å². The Labute approximate surface area is 203 Å². The standard InChI is InChI=1S/C23H17F6N5O2/c1-9-8-31-21(30)19-18(32-10(2)34(9)19)14-3-4-15(17(26)16(14)25)33-22(36)20(35)11-5-12(23(27,28)29)7-13(24)6-11/h3-8,20,35H,1-2H3,(H2,30,31)(H,33,36)/t20-/m0/s1/i2D3. The smallest absolute Gasteiger partial charge is 0.382 e. The molecule has 0 aliphatic rings. The summed E-state index contributed by atoms with van der Waals surface area (Å²) in [5.74, 6) is -6.86. The molecule has 0 saturated heterocycles. The molecule has 4 N–H and O–H groups in total. The van der Waals surface area contributed by atoms with E-state index in [4.69, 9.17) is 9.85 Å². The number of hydrogen-bond donors (Lipinski definition) is 3. The van der Waals surface area contributed by atoms with Crippen molar-refractivity contribution in [3.05, 3.63) is 76.6 Å². The molecule has 1 atom stereocenters. The van der Waals surface area contributed by atoms with Crippen LogP contribution in [0.3, 0.4) is 0 Å². The molecule has 0 fully saturated rings. The van der Waals surface area contributed by atoms with Gasteiger partial charge in [-0.3, -0.25) is 9.20 Å². The number of nitrogens with two attached hydrogens (primary N) is 1. The van der Waals surface area contributed by atoms with Gasteiger partial charge in [-0.25, -0.2) is 23.1 Å². The van der Waals surface area contributed by atoms with Crippen LogP contribution in [-0.4, -0.2) is 25.4 Å². The minimum absolute atomic E-state index is 0.113. The van der Waals surface area contributed by atoms with Crippen LogP contribution in [0, 0.1) is 31.2 Å². The number of hydrogen-bond acceptors (Lipinski definition) is 5.